The zero-order valence-electron chi connectivity index (χ0n) is 18.2. The maximum Gasteiger partial charge on any atom is 0.121 e. The number of anilines is 1. The van der Waals surface area contributed by atoms with Crippen molar-refractivity contribution in [3.63, 3.8) is 0 Å². The van der Waals surface area contributed by atoms with Crippen LogP contribution in [0.5, 0.6) is 5.75 Å². The molecule has 1 atom stereocenters. The Hall–Kier alpha value is -2.28. The first-order valence-corrected chi connectivity index (χ1v) is 12.0. The largest absolute Gasteiger partial charge is 0.497 e. The van der Waals surface area contributed by atoms with Crippen LogP contribution in [-0.4, -0.2) is 41.9 Å². The van der Waals surface area contributed by atoms with Gasteiger partial charge in [0.25, 0.3) is 0 Å². The quantitative estimate of drug-likeness (QED) is 0.633. The molecule has 31 heavy (non-hydrogen) atoms. The van der Waals surface area contributed by atoms with Crippen LogP contribution in [-0.2, 0) is 16.8 Å². The fraction of sp³-hybridized carbons (Fsp3) is 0.440. The summed E-state index contributed by atoms with van der Waals surface area (Å²) in [7, 11) is 1.72. The van der Waals surface area contributed by atoms with Gasteiger partial charge in [0.05, 0.1) is 36.4 Å². The lowest BCUT2D eigenvalue weighted by atomic mass is 9.79. The second kappa shape index (κ2) is 7.12. The number of benzene rings is 1. The van der Waals surface area contributed by atoms with Crippen molar-refractivity contribution in [1.29, 1.82) is 0 Å². The lowest BCUT2D eigenvalue weighted by Gasteiger charge is -2.41. The molecule has 2 aromatic heterocycles. The standard InChI is InChI=1S/C25H29N3O2S/c1-18-7-13-31-22(18)15-27-11-8-24(9-12-27)16-25(17-30-24)23-4-3-10-28(23)21-6-5-19(29-2)14-20(21)26-25/h3-7,10,13-14,26H,8-9,11-12,15-17H2,1-2H3/t25-/m1/s1. The van der Waals surface area contributed by atoms with Crippen molar-refractivity contribution in [2.45, 2.75) is 43.9 Å². The van der Waals surface area contributed by atoms with E-state index in [0.29, 0.717) is 6.61 Å². The molecule has 3 aromatic rings. The normalized spacial score (nSPS) is 24.2. The first-order chi connectivity index (χ1) is 15.1. The van der Waals surface area contributed by atoms with Gasteiger partial charge >= 0.3 is 0 Å². The monoisotopic (exact) mass is 435 g/mol. The topological polar surface area (TPSA) is 38.7 Å². The van der Waals surface area contributed by atoms with Crippen molar-refractivity contribution in [2.24, 2.45) is 0 Å². The molecule has 3 aliphatic heterocycles. The van der Waals surface area contributed by atoms with Crippen LogP contribution in [0.15, 0.2) is 48.0 Å². The molecule has 0 unspecified atom stereocenters. The number of rotatable bonds is 3. The molecule has 0 saturated carbocycles. The van der Waals surface area contributed by atoms with Crippen molar-refractivity contribution < 1.29 is 9.47 Å². The number of thiophene rings is 1. The number of aryl methyl sites for hydroxylation is 1. The summed E-state index contributed by atoms with van der Waals surface area (Å²) in [6.45, 7) is 6.19. The van der Waals surface area contributed by atoms with E-state index in [9.17, 15) is 0 Å². The van der Waals surface area contributed by atoms with E-state index in [1.807, 2.05) is 17.4 Å². The number of aromatic nitrogens is 1. The smallest absolute Gasteiger partial charge is 0.121 e. The van der Waals surface area contributed by atoms with Crippen molar-refractivity contribution in [2.75, 3.05) is 32.1 Å². The maximum absolute atomic E-state index is 6.65. The molecule has 2 spiro atoms. The summed E-state index contributed by atoms with van der Waals surface area (Å²) < 4.78 is 14.5. The predicted molar refractivity (Wildman–Crippen MR) is 124 cm³/mol. The Balaban J connectivity index is 1.23. The van der Waals surface area contributed by atoms with E-state index in [0.717, 1.165) is 50.3 Å². The van der Waals surface area contributed by atoms with Crippen LogP contribution in [0, 0.1) is 6.92 Å². The molecule has 0 bridgehead atoms. The minimum atomic E-state index is -0.185. The molecular formula is C25H29N3O2S. The number of hydrogen-bond donors (Lipinski definition) is 1. The van der Waals surface area contributed by atoms with Crippen molar-refractivity contribution in [1.82, 2.24) is 9.47 Å². The van der Waals surface area contributed by atoms with Gasteiger partial charge in [-0.25, -0.2) is 0 Å². The minimum Gasteiger partial charge on any atom is -0.497 e. The highest BCUT2D eigenvalue weighted by atomic mass is 32.1. The summed E-state index contributed by atoms with van der Waals surface area (Å²) in [6, 6.07) is 12.9. The van der Waals surface area contributed by atoms with Gasteiger partial charge in [0.1, 0.15) is 11.3 Å². The lowest BCUT2D eigenvalue weighted by molar-refractivity contribution is -0.0450. The van der Waals surface area contributed by atoms with Crippen LogP contribution in [0.25, 0.3) is 5.69 Å². The van der Waals surface area contributed by atoms with Crippen molar-refractivity contribution in [3.8, 4) is 11.4 Å². The molecule has 5 nitrogen and oxygen atoms in total. The summed E-state index contributed by atoms with van der Waals surface area (Å²) >= 11 is 1.88. The zero-order valence-corrected chi connectivity index (χ0v) is 19.0. The Kier molecular flexibility index (Phi) is 4.46. The van der Waals surface area contributed by atoms with Crippen molar-refractivity contribution >= 4 is 17.0 Å². The summed E-state index contributed by atoms with van der Waals surface area (Å²) in [6.07, 6.45) is 5.35. The molecule has 0 radical (unpaired) electrons. The number of nitrogens with one attached hydrogen (secondary N) is 1. The molecule has 162 valence electrons. The average Bonchev–Trinajstić information content (AvgIpc) is 3.51. The minimum absolute atomic E-state index is 0.0422. The molecule has 1 aromatic carbocycles. The van der Waals surface area contributed by atoms with Crippen LogP contribution < -0.4 is 10.1 Å². The Morgan fingerprint density at radius 2 is 2.06 bits per heavy atom. The first kappa shape index (κ1) is 19.4. The number of fused-ring (bicyclic) bond motifs is 4. The van der Waals surface area contributed by atoms with Gasteiger partial charge in [-0.2, -0.15) is 0 Å². The number of likely N-dealkylation sites (tertiary alicyclic amines) is 1. The van der Waals surface area contributed by atoms with E-state index < -0.39 is 0 Å². The van der Waals surface area contributed by atoms with Crippen LogP contribution in [0.2, 0.25) is 0 Å². The first-order valence-electron chi connectivity index (χ1n) is 11.1. The van der Waals surface area contributed by atoms with E-state index in [1.165, 1.54) is 21.8 Å². The summed E-state index contributed by atoms with van der Waals surface area (Å²) in [5, 5.41) is 6.08. The Bertz CT molecular complexity index is 1110. The molecule has 2 fully saturated rings. The molecule has 1 N–H and O–H groups in total. The van der Waals surface area contributed by atoms with Crippen LogP contribution in [0.1, 0.15) is 35.4 Å². The van der Waals surface area contributed by atoms with Gasteiger partial charge in [0, 0.05) is 43.2 Å². The SMILES string of the molecule is COc1ccc2c(c1)N[C@]1(COC3(CCN(Cc4sccc4C)CC3)C1)c1cccn1-2. The lowest BCUT2D eigenvalue weighted by Crippen LogP contribution is -2.46. The van der Waals surface area contributed by atoms with E-state index in [2.05, 4.69) is 63.6 Å². The fourth-order valence-electron chi connectivity index (χ4n) is 5.64. The highest BCUT2D eigenvalue weighted by Gasteiger charge is 2.53. The molecule has 6 rings (SSSR count). The Labute approximate surface area is 187 Å². The molecule has 2 saturated heterocycles. The number of nitrogens with zero attached hydrogens (tertiary/aromatic N) is 2. The van der Waals surface area contributed by atoms with Crippen LogP contribution >= 0.6 is 11.3 Å². The number of ether oxygens (including phenoxy) is 2. The number of hydrogen-bond acceptors (Lipinski definition) is 5. The molecular weight excluding hydrogens is 406 g/mol. The average molecular weight is 436 g/mol. The van der Waals surface area contributed by atoms with Crippen LogP contribution in [0.3, 0.4) is 0 Å². The third-order valence-electron chi connectivity index (χ3n) is 7.43. The zero-order chi connectivity index (χ0) is 21.1. The second-order valence-corrected chi connectivity index (χ2v) is 10.3. The highest BCUT2D eigenvalue weighted by Crippen LogP contribution is 2.50. The van der Waals surface area contributed by atoms with Gasteiger partial charge in [0.2, 0.25) is 0 Å². The Morgan fingerprint density at radius 3 is 2.84 bits per heavy atom. The molecule has 5 heterocycles. The van der Waals surface area contributed by atoms with E-state index in [1.54, 1.807) is 7.11 Å². The summed E-state index contributed by atoms with van der Waals surface area (Å²) in [4.78, 5) is 4.09. The maximum atomic E-state index is 6.65. The third kappa shape index (κ3) is 3.12. The third-order valence-corrected chi connectivity index (χ3v) is 8.44. The van der Waals surface area contributed by atoms with Gasteiger partial charge in [-0.05, 0) is 61.0 Å². The van der Waals surface area contributed by atoms with Gasteiger partial charge in [-0.15, -0.1) is 11.3 Å². The van der Waals surface area contributed by atoms with E-state index in [4.69, 9.17) is 9.47 Å². The summed E-state index contributed by atoms with van der Waals surface area (Å²) in [5.41, 5.74) is 4.79. The van der Waals surface area contributed by atoms with Gasteiger partial charge < -0.3 is 19.4 Å². The highest BCUT2D eigenvalue weighted by molar-refractivity contribution is 7.10. The molecule has 0 amide bonds. The fourth-order valence-corrected chi connectivity index (χ4v) is 6.58. The Morgan fingerprint density at radius 1 is 1.19 bits per heavy atom. The molecule has 0 aliphatic carbocycles. The van der Waals surface area contributed by atoms with Gasteiger partial charge in [-0.1, -0.05) is 0 Å². The number of piperidine rings is 1. The second-order valence-electron chi connectivity index (χ2n) is 9.31. The molecule has 6 heteroatoms. The van der Waals surface area contributed by atoms with Crippen LogP contribution in [0.4, 0.5) is 5.69 Å². The van der Waals surface area contributed by atoms with Crippen molar-refractivity contribution in [3.05, 3.63) is 64.1 Å². The number of methoxy groups -OCH3 is 1. The molecule has 3 aliphatic rings. The van der Waals surface area contributed by atoms with Gasteiger partial charge in [-0.3, -0.25) is 4.90 Å². The predicted octanol–water partition coefficient (Wildman–Crippen LogP) is 4.93. The summed E-state index contributed by atoms with van der Waals surface area (Å²) in [5.74, 6) is 0.878. The van der Waals surface area contributed by atoms with E-state index in [-0.39, 0.29) is 11.1 Å². The van der Waals surface area contributed by atoms with E-state index >= 15 is 0 Å². The van der Waals surface area contributed by atoms with Gasteiger partial charge in [0.15, 0.2) is 0 Å².